The van der Waals surface area contributed by atoms with E-state index in [9.17, 15) is 4.79 Å². The molecule has 0 aliphatic carbocycles. The van der Waals surface area contributed by atoms with E-state index in [1.807, 2.05) is 18.4 Å². The van der Waals surface area contributed by atoms with Crippen LogP contribution in [0.3, 0.4) is 0 Å². The van der Waals surface area contributed by atoms with Crippen LogP contribution in [0.1, 0.15) is 35.0 Å². The first kappa shape index (κ1) is 10.3. The van der Waals surface area contributed by atoms with Crippen LogP contribution in [0.2, 0.25) is 0 Å². The monoisotopic (exact) mass is 198 g/mol. The summed E-state index contributed by atoms with van der Waals surface area (Å²) in [5, 5.41) is 1.91. The van der Waals surface area contributed by atoms with E-state index in [0.717, 1.165) is 23.3 Å². The summed E-state index contributed by atoms with van der Waals surface area (Å²) in [6.07, 6.45) is 1.99. The Morgan fingerprint density at radius 2 is 2.38 bits per heavy atom. The second-order valence-electron chi connectivity index (χ2n) is 2.92. The number of hydrogen-bond donors (Lipinski definition) is 0. The Hall–Kier alpha value is -0.830. The summed E-state index contributed by atoms with van der Waals surface area (Å²) < 4.78 is 5.08. The maximum absolute atomic E-state index is 11.4. The molecule has 0 radical (unpaired) electrons. The van der Waals surface area contributed by atoms with Crippen molar-refractivity contribution in [3.05, 3.63) is 21.9 Å². The molecule has 72 valence electrons. The summed E-state index contributed by atoms with van der Waals surface area (Å²) in [5.74, 6) is -0.180. The smallest absolute Gasteiger partial charge is 0.348 e. The number of aryl methyl sites for hydroxylation is 1. The molecule has 0 fully saturated rings. The van der Waals surface area contributed by atoms with Gasteiger partial charge in [0.2, 0.25) is 0 Å². The summed E-state index contributed by atoms with van der Waals surface area (Å²) in [7, 11) is 0. The van der Waals surface area contributed by atoms with Crippen LogP contribution in [-0.2, 0) is 4.74 Å². The van der Waals surface area contributed by atoms with Crippen molar-refractivity contribution < 1.29 is 9.53 Å². The minimum Gasteiger partial charge on any atom is -0.462 e. The van der Waals surface area contributed by atoms with Gasteiger partial charge in [0, 0.05) is 0 Å². The molecule has 2 nitrogen and oxygen atoms in total. The largest absolute Gasteiger partial charge is 0.462 e. The van der Waals surface area contributed by atoms with E-state index in [1.165, 1.54) is 11.3 Å². The van der Waals surface area contributed by atoms with Crippen LogP contribution in [0.5, 0.6) is 0 Å². The van der Waals surface area contributed by atoms with E-state index in [2.05, 4.69) is 6.92 Å². The van der Waals surface area contributed by atoms with E-state index in [4.69, 9.17) is 4.74 Å². The van der Waals surface area contributed by atoms with E-state index in [-0.39, 0.29) is 5.97 Å². The lowest BCUT2D eigenvalue weighted by atomic mass is 10.3. The van der Waals surface area contributed by atoms with Crippen LogP contribution in [0, 0.1) is 6.92 Å². The number of carbonyl (C=O) groups is 1. The van der Waals surface area contributed by atoms with Gasteiger partial charge in [0.05, 0.1) is 6.61 Å². The Morgan fingerprint density at radius 1 is 1.62 bits per heavy atom. The number of rotatable bonds is 4. The van der Waals surface area contributed by atoms with Crippen LogP contribution in [0.15, 0.2) is 11.4 Å². The van der Waals surface area contributed by atoms with Crippen molar-refractivity contribution in [1.29, 1.82) is 0 Å². The predicted molar refractivity (Wildman–Crippen MR) is 54.2 cm³/mol. The topological polar surface area (TPSA) is 26.3 Å². The number of thiophene rings is 1. The highest BCUT2D eigenvalue weighted by atomic mass is 32.1. The van der Waals surface area contributed by atoms with Gasteiger partial charge >= 0.3 is 5.97 Å². The van der Waals surface area contributed by atoms with Crippen molar-refractivity contribution in [2.75, 3.05) is 6.61 Å². The third-order valence-electron chi connectivity index (χ3n) is 1.78. The molecule has 0 unspecified atom stereocenters. The van der Waals surface area contributed by atoms with Gasteiger partial charge in [-0.25, -0.2) is 4.79 Å². The lowest BCUT2D eigenvalue weighted by Crippen LogP contribution is -2.05. The van der Waals surface area contributed by atoms with Gasteiger partial charge in [-0.3, -0.25) is 0 Å². The van der Waals surface area contributed by atoms with Gasteiger partial charge in [0.1, 0.15) is 4.88 Å². The Morgan fingerprint density at radius 3 is 2.92 bits per heavy atom. The summed E-state index contributed by atoms with van der Waals surface area (Å²) in [6.45, 7) is 4.53. The van der Waals surface area contributed by atoms with E-state index in [1.54, 1.807) is 0 Å². The molecule has 0 bridgehead atoms. The Kier molecular flexibility index (Phi) is 3.96. The zero-order chi connectivity index (χ0) is 9.68. The van der Waals surface area contributed by atoms with Crippen LogP contribution in [0.25, 0.3) is 0 Å². The summed E-state index contributed by atoms with van der Waals surface area (Å²) in [4.78, 5) is 12.1. The van der Waals surface area contributed by atoms with Crippen LogP contribution in [-0.4, -0.2) is 12.6 Å². The second-order valence-corrected chi connectivity index (χ2v) is 3.84. The van der Waals surface area contributed by atoms with Crippen molar-refractivity contribution in [2.45, 2.75) is 26.7 Å². The third-order valence-corrected chi connectivity index (χ3v) is 2.78. The second kappa shape index (κ2) is 5.02. The van der Waals surface area contributed by atoms with Crippen LogP contribution >= 0.6 is 11.3 Å². The molecule has 1 rings (SSSR count). The maximum Gasteiger partial charge on any atom is 0.348 e. The molecule has 0 spiro atoms. The van der Waals surface area contributed by atoms with Crippen molar-refractivity contribution in [2.24, 2.45) is 0 Å². The van der Waals surface area contributed by atoms with Gasteiger partial charge < -0.3 is 4.74 Å². The van der Waals surface area contributed by atoms with Crippen molar-refractivity contribution in [3.8, 4) is 0 Å². The van der Waals surface area contributed by atoms with E-state index in [0.29, 0.717) is 6.61 Å². The average Bonchev–Trinajstić information content (AvgIpc) is 2.52. The number of unbranched alkanes of at least 4 members (excludes halogenated alkanes) is 1. The van der Waals surface area contributed by atoms with Gasteiger partial charge in [-0.1, -0.05) is 13.3 Å². The third kappa shape index (κ3) is 2.84. The lowest BCUT2D eigenvalue weighted by Gasteiger charge is -2.01. The van der Waals surface area contributed by atoms with Gasteiger partial charge in [-0.05, 0) is 30.4 Å². The van der Waals surface area contributed by atoms with Gasteiger partial charge in [0.25, 0.3) is 0 Å². The fourth-order valence-corrected chi connectivity index (χ4v) is 1.77. The molecule has 1 heterocycles. The predicted octanol–water partition coefficient (Wildman–Crippen LogP) is 3.01. The first-order valence-electron chi connectivity index (χ1n) is 4.47. The normalized spacial score (nSPS) is 10.0. The highest BCUT2D eigenvalue weighted by Gasteiger charge is 2.10. The molecular formula is C10H14O2S. The number of ether oxygens (including phenoxy) is 1. The first-order chi connectivity index (χ1) is 6.25. The number of hydrogen-bond acceptors (Lipinski definition) is 3. The highest BCUT2D eigenvalue weighted by molar-refractivity contribution is 7.12. The van der Waals surface area contributed by atoms with Crippen molar-refractivity contribution in [1.82, 2.24) is 0 Å². The first-order valence-corrected chi connectivity index (χ1v) is 5.35. The zero-order valence-electron chi connectivity index (χ0n) is 8.00. The minimum atomic E-state index is -0.180. The summed E-state index contributed by atoms with van der Waals surface area (Å²) in [5.41, 5.74) is 1.01. The van der Waals surface area contributed by atoms with E-state index >= 15 is 0 Å². The average molecular weight is 198 g/mol. The molecular weight excluding hydrogens is 184 g/mol. The SMILES string of the molecule is CCCCOC(=O)c1sccc1C. The molecule has 1 aromatic rings. The molecule has 13 heavy (non-hydrogen) atoms. The molecule has 0 N–H and O–H groups in total. The molecule has 0 aliphatic heterocycles. The fraction of sp³-hybridized carbons (Fsp3) is 0.500. The summed E-state index contributed by atoms with van der Waals surface area (Å²) >= 11 is 1.44. The van der Waals surface area contributed by atoms with Crippen molar-refractivity contribution in [3.63, 3.8) is 0 Å². The molecule has 0 amide bonds. The Labute approximate surface area is 82.5 Å². The molecule has 0 aliphatic rings. The quantitative estimate of drug-likeness (QED) is 0.549. The summed E-state index contributed by atoms with van der Waals surface area (Å²) in [6, 6.07) is 1.93. The lowest BCUT2D eigenvalue weighted by molar-refractivity contribution is 0.0505. The maximum atomic E-state index is 11.4. The Balaban J connectivity index is 2.45. The number of carbonyl (C=O) groups excluding carboxylic acids is 1. The Bertz CT molecular complexity index is 278. The molecule has 0 atom stereocenters. The number of esters is 1. The minimum absolute atomic E-state index is 0.180. The standard InChI is InChI=1S/C10H14O2S/c1-3-4-6-12-10(11)9-8(2)5-7-13-9/h5,7H,3-4,6H2,1-2H3. The van der Waals surface area contributed by atoms with Gasteiger partial charge in [-0.15, -0.1) is 11.3 Å². The highest BCUT2D eigenvalue weighted by Crippen LogP contribution is 2.16. The molecule has 0 aromatic carbocycles. The molecule has 1 aromatic heterocycles. The van der Waals surface area contributed by atoms with Crippen molar-refractivity contribution >= 4 is 17.3 Å². The molecule has 0 saturated heterocycles. The van der Waals surface area contributed by atoms with Gasteiger partial charge in [-0.2, -0.15) is 0 Å². The van der Waals surface area contributed by atoms with Crippen LogP contribution in [0.4, 0.5) is 0 Å². The van der Waals surface area contributed by atoms with Crippen LogP contribution < -0.4 is 0 Å². The molecule has 3 heteroatoms. The zero-order valence-corrected chi connectivity index (χ0v) is 8.82. The fourth-order valence-electron chi connectivity index (χ4n) is 0.957. The van der Waals surface area contributed by atoms with E-state index < -0.39 is 0 Å². The van der Waals surface area contributed by atoms with Gasteiger partial charge in [0.15, 0.2) is 0 Å². The molecule has 0 saturated carbocycles.